The highest BCUT2D eigenvalue weighted by Gasteiger charge is 2.20. The van der Waals surface area contributed by atoms with Crippen molar-refractivity contribution in [1.29, 1.82) is 0 Å². The Bertz CT molecular complexity index is 1210. The Balaban J connectivity index is 1.72. The van der Waals surface area contributed by atoms with E-state index in [2.05, 4.69) is 0 Å². The van der Waals surface area contributed by atoms with Crippen molar-refractivity contribution in [3.05, 3.63) is 99.7 Å². The van der Waals surface area contributed by atoms with Crippen molar-refractivity contribution in [3.63, 3.8) is 0 Å². The Morgan fingerprint density at radius 3 is 2.34 bits per heavy atom. The van der Waals surface area contributed by atoms with E-state index < -0.39 is 11.4 Å². The highest BCUT2D eigenvalue weighted by atomic mass is 35.5. The van der Waals surface area contributed by atoms with E-state index in [9.17, 15) is 9.59 Å². The molecule has 29 heavy (non-hydrogen) atoms. The predicted molar refractivity (Wildman–Crippen MR) is 113 cm³/mol. The maximum Gasteiger partial charge on any atom is 0.311 e. The van der Waals surface area contributed by atoms with Gasteiger partial charge in [0.2, 0.25) is 11.2 Å². The SMILES string of the molecule is O=C(CCc1ccccc1)Oc1c(-c2ccccc2)oc2ccc(Cl)cc2c1=O. The van der Waals surface area contributed by atoms with Crippen LogP contribution in [-0.4, -0.2) is 5.97 Å². The summed E-state index contributed by atoms with van der Waals surface area (Å²) in [6.07, 6.45) is 0.663. The summed E-state index contributed by atoms with van der Waals surface area (Å²) in [7, 11) is 0. The summed E-state index contributed by atoms with van der Waals surface area (Å²) in [4.78, 5) is 25.6. The molecule has 0 saturated carbocycles. The van der Waals surface area contributed by atoms with E-state index in [1.165, 1.54) is 6.07 Å². The summed E-state index contributed by atoms with van der Waals surface area (Å²) in [6, 6.07) is 23.5. The van der Waals surface area contributed by atoms with E-state index in [-0.39, 0.29) is 23.3 Å². The standard InChI is InChI=1S/C24H17ClO4/c25-18-12-13-20-19(15-18)22(27)24(23(28-20)17-9-5-2-6-10-17)29-21(26)14-11-16-7-3-1-4-8-16/h1-10,12-13,15H,11,14H2. The van der Waals surface area contributed by atoms with Crippen LogP contribution in [0.1, 0.15) is 12.0 Å². The third kappa shape index (κ3) is 4.23. The lowest BCUT2D eigenvalue weighted by molar-refractivity contribution is -0.134. The molecule has 0 unspecified atom stereocenters. The van der Waals surface area contributed by atoms with Gasteiger partial charge in [0.05, 0.1) is 5.39 Å². The van der Waals surface area contributed by atoms with Gasteiger partial charge >= 0.3 is 5.97 Å². The van der Waals surface area contributed by atoms with Crippen LogP contribution in [0.5, 0.6) is 5.75 Å². The Morgan fingerprint density at radius 2 is 1.62 bits per heavy atom. The smallest absolute Gasteiger partial charge is 0.311 e. The second kappa shape index (κ2) is 8.33. The largest absolute Gasteiger partial charge is 0.452 e. The van der Waals surface area contributed by atoms with E-state index in [0.717, 1.165) is 5.56 Å². The van der Waals surface area contributed by atoms with Crippen LogP contribution in [0, 0.1) is 0 Å². The predicted octanol–water partition coefficient (Wildman–Crippen LogP) is 5.65. The Morgan fingerprint density at radius 1 is 0.931 bits per heavy atom. The molecule has 0 saturated heterocycles. The van der Waals surface area contributed by atoms with E-state index in [1.54, 1.807) is 24.3 Å². The second-order valence-electron chi connectivity index (χ2n) is 6.56. The molecular formula is C24H17ClO4. The van der Waals surface area contributed by atoms with Crippen LogP contribution >= 0.6 is 11.6 Å². The molecule has 0 radical (unpaired) electrons. The van der Waals surface area contributed by atoms with Gasteiger partial charge in [0.25, 0.3) is 0 Å². The zero-order valence-electron chi connectivity index (χ0n) is 15.4. The molecule has 3 aromatic carbocycles. The molecule has 0 amide bonds. The van der Waals surface area contributed by atoms with Gasteiger partial charge in [0.15, 0.2) is 5.76 Å². The van der Waals surface area contributed by atoms with Gasteiger partial charge in [-0.25, -0.2) is 0 Å². The summed E-state index contributed by atoms with van der Waals surface area (Å²) in [5, 5.41) is 0.668. The van der Waals surface area contributed by atoms with Gasteiger partial charge in [-0.05, 0) is 30.2 Å². The number of hydrogen-bond acceptors (Lipinski definition) is 4. The summed E-state index contributed by atoms with van der Waals surface area (Å²) in [6.45, 7) is 0. The highest BCUT2D eigenvalue weighted by molar-refractivity contribution is 6.31. The fourth-order valence-electron chi connectivity index (χ4n) is 3.08. The van der Waals surface area contributed by atoms with Crippen LogP contribution in [-0.2, 0) is 11.2 Å². The van der Waals surface area contributed by atoms with E-state index >= 15 is 0 Å². The first-order valence-corrected chi connectivity index (χ1v) is 9.56. The van der Waals surface area contributed by atoms with Crippen molar-refractivity contribution >= 4 is 28.5 Å². The number of aryl methyl sites for hydroxylation is 1. The Labute approximate surface area is 172 Å². The van der Waals surface area contributed by atoms with Crippen LogP contribution < -0.4 is 10.2 Å². The van der Waals surface area contributed by atoms with Crippen LogP contribution in [0.25, 0.3) is 22.3 Å². The van der Waals surface area contributed by atoms with Crippen molar-refractivity contribution in [2.24, 2.45) is 0 Å². The molecule has 0 aliphatic heterocycles. The van der Waals surface area contributed by atoms with Crippen molar-refractivity contribution in [2.45, 2.75) is 12.8 Å². The van der Waals surface area contributed by atoms with Crippen LogP contribution in [0.4, 0.5) is 0 Å². The number of esters is 1. The number of carbonyl (C=O) groups excluding carboxylic acids is 1. The average molecular weight is 405 g/mol. The first kappa shape index (κ1) is 19.0. The van der Waals surface area contributed by atoms with Crippen molar-refractivity contribution in [1.82, 2.24) is 0 Å². The maximum atomic E-state index is 13.1. The first-order chi connectivity index (χ1) is 14.1. The molecule has 4 nitrogen and oxygen atoms in total. The lowest BCUT2D eigenvalue weighted by atomic mass is 10.1. The molecule has 0 aliphatic rings. The molecule has 4 rings (SSSR count). The monoisotopic (exact) mass is 404 g/mol. The number of halogens is 1. The Kier molecular flexibility index (Phi) is 5.45. The lowest BCUT2D eigenvalue weighted by Gasteiger charge is -2.11. The second-order valence-corrected chi connectivity index (χ2v) is 6.99. The quantitative estimate of drug-likeness (QED) is 0.403. The van der Waals surface area contributed by atoms with Gasteiger partial charge in [-0.3, -0.25) is 9.59 Å². The minimum atomic E-state index is -0.500. The van der Waals surface area contributed by atoms with E-state index in [0.29, 0.717) is 22.6 Å². The van der Waals surface area contributed by atoms with E-state index in [1.807, 2.05) is 48.5 Å². The van der Waals surface area contributed by atoms with Gasteiger partial charge in [0.1, 0.15) is 5.58 Å². The molecular weight excluding hydrogens is 388 g/mol. The lowest BCUT2D eigenvalue weighted by Crippen LogP contribution is -2.16. The van der Waals surface area contributed by atoms with Crippen molar-refractivity contribution < 1.29 is 13.9 Å². The molecule has 4 aromatic rings. The average Bonchev–Trinajstić information content (AvgIpc) is 2.76. The summed E-state index contributed by atoms with van der Waals surface area (Å²) < 4.78 is 11.5. The number of fused-ring (bicyclic) bond motifs is 1. The normalized spacial score (nSPS) is 10.8. The van der Waals surface area contributed by atoms with Crippen molar-refractivity contribution in [2.75, 3.05) is 0 Å². The van der Waals surface area contributed by atoms with Crippen LogP contribution in [0.15, 0.2) is 88.1 Å². The molecule has 0 spiro atoms. The molecule has 0 atom stereocenters. The zero-order valence-corrected chi connectivity index (χ0v) is 16.2. The van der Waals surface area contributed by atoms with Crippen LogP contribution in [0.3, 0.4) is 0 Å². The van der Waals surface area contributed by atoms with E-state index in [4.69, 9.17) is 20.8 Å². The topological polar surface area (TPSA) is 56.5 Å². The molecule has 0 fully saturated rings. The summed E-state index contributed by atoms with van der Waals surface area (Å²) in [5.74, 6) is -0.401. The van der Waals surface area contributed by atoms with Gasteiger partial charge in [-0.1, -0.05) is 72.3 Å². The molecule has 1 aromatic heterocycles. The maximum absolute atomic E-state index is 13.1. The molecule has 0 bridgehead atoms. The fraction of sp³-hybridized carbons (Fsp3) is 0.0833. The number of carbonyl (C=O) groups is 1. The van der Waals surface area contributed by atoms with Crippen molar-refractivity contribution in [3.8, 4) is 17.1 Å². The summed E-state index contributed by atoms with van der Waals surface area (Å²) in [5.41, 5.74) is 1.61. The molecule has 0 N–H and O–H groups in total. The number of ether oxygens (including phenoxy) is 1. The Hall–Kier alpha value is -3.37. The highest BCUT2D eigenvalue weighted by Crippen LogP contribution is 2.31. The fourth-order valence-corrected chi connectivity index (χ4v) is 3.25. The number of rotatable bonds is 5. The molecule has 1 heterocycles. The minimum absolute atomic E-state index is 0.121. The van der Waals surface area contributed by atoms with Gasteiger partial charge in [-0.15, -0.1) is 0 Å². The van der Waals surface area contributed by atoms with Gasteiger partial charge < -0.3 is 9.15 Å². The summed E-state index contributed by atoms with van der Waals surface area (Å²) >= 11 is 6.03. The van der Waals surface area contributed by atoms with Crippen LogP contribution in [0.2, 0.25) is 5.02 Å². The zero-order chi connectivity index (χ0) is 20.2. The van der Waals surface area contributed by atoms with Gasteiger partial charge in [-0.2, -0.15) is 0 Å². The molecule has 5 heteroatoms. The minimum Gasteiger partial charge on any atom is -0.452 e. The third-order valence-electron chi connectivity index (χ3n) is 4.52. The molecule has 144 valence electrons. The third-order valence-corrected chi connectivity index (χ3v) is 4.76. The molecule has 0 aliphatic carbocycles. The first-order valence-electron chi connectivity index (χ1n) is 9.18. The van der Waals surface area contributed by atoms with Gasteiger partial charge in [0, 0.05) is 17.0 Å². The number of benzene rings is 3. The number of hydrogen-bond donors (Lipinski definition) is 0.